The summed E-state index contributed by atoms with van der Waals surface area (Å²) in [5, 5.41) is 0.666. The average Bonchev–Trinajstić information content (AvgIpc) is 2.97. The SMILES string of the molecule is CCc1cc2c(=O)[nH]c(-c3ccoc3)nc2s1. The number of rotatable bonds is 2. The fourth-order valence-electron chi connectivity index (χ4n) is 1.69. The van der Waals surface area contributed by atoms with Crippen molar-refractivity contribution in [2.24, 2.45) is 0 Å². The Balaban J connectivity index is 2.27. The molecule has 3 aromatic heterocycles. The van der Waals surface area contributed by atoms with Gasteiger partial charge in [0.2, 0.25) is 0 Å². The molecule has 0 radical (unpaired) electrons. The fourth-order valence-corrected chi connectivity index (χ4v) is 2.66. The number of thiophene rings is 1. The van der Waals surface area contributed by atoms with E-state index in [9.17, 15) is 4.79 Å². The van der Waals surface area contributed by atoms with Crippen LogP contribution in [0, 0.1) is 0 Å². The minimum atomic E-state index is -0.0952. The normalized spacial score (nSPS) is 11.1. The lowest BCUT2D eigenvalue weighted by atomic mass is 10.3. The van der Waals surface area contributed by atoms with Crippen molar-refractivity contribution in [3.8, 4) is 11.4 Å². The van der Waals surface area contributed by atoms with Crippen molar-refractivity contribution in [1.29, 1.82) is 0 Å². The van der Waals surface area contributed by atoms with E-state index in [4.69, 9.17) is 4.42 Å². The molecule has 1 N–H and O–H groups in total. The maximum Gasteiger partial charge on any atom is 0.259 e. The van der Waals surface area contributed by atoms with Crippen molar-refractivity contribution in [3.05, 3.63) is 39.9 Å². The number of hydrogen-bond acceptors (Lipinski definition) is 4. The quantitative estimate of drug-likeness (QED) is 0.756. The molecule has 0 saturated carbocycles. The Morgan fingerprint density at radius 2 is 2.41 bits per heavy atom. The first-order valence-corrected chi connectivity index (χ1v) is 6.15. The minimum absolute atomic E-state index is 0.0952. The summed E-state index contributed by atoms with van der Waals surface area (Å²) in [6, 6.07) is 3.68. The Morgan fingerprint density at radius 1 is 1.53 bits per heavy atom. The van der Waals surface area contributed by atoms with Gasteiger partial charge in [0.1, 0.15) is 16.9 Å². The lowest BCUT2D eigenvalue weighted by Gasteiger charge is -1.95. The van der Waals surface area contributed by atoms with E-state index in [-0.39, 0.29) is 5.56 Å². The van der Waals surface area contributed by atoms with Crippen LogP contribution < -0.4 is 5.56 Å². The highest BCUT2D eigenvalue weighted by Gasteiger charge is 2.09. The van der Waals surface area contributed by atoms with E-state index in [1.54, 1.807) is 29.9 Å². The number of furan rings is 1. The predicted octanol–water partition coefficient (Wildman–Crippen LogP) is 2.81. The number of aromatic amines is 1. The zero-order valence-corrected chi connectivity index (χ0v) is 10.0. The van der Waals surface area contributed by atoms with Gasteiger partial charge in [-0.05, 0) is 18.6 Å². The van der Waals surface area contributed by atoms with E-state index in [1.807, 2.05) is 6.07 Å². The van der Waals surface area contributed by atoms with E-state index in [0.29, 0.717) is 11.2 Å². The van der Waals surface area contributed by atoms with Crippen molar-refractivity contribution >= 4 is 21.6 Å². The molecule has 17 heavy (non-hydrogen) atoms. The first-order chi connectivity index (χ1) is 8.28. The summed E-state index contributed by atoms with van der Waals surface area (Å²) >= 11 is 1.56. The van der Waals surface area contributed by atoms with Gasteiger partial charge in [0.05, 0.1) is 17.2 Å². The maximum absolute atomic E-state index is 11.9. The standard InChI is InChI=1S/C12H10N2O2S/c1-2-8-5-9-11(15)13-10(14-12(9)17-8)7-3-4-16-6-7/h3-6H,2H2,1H3,(H,13,14,15). The maximum atomic E-state index is 11.9. The lowest BCUT2D eigenvalue weighted by Crippen LogP contribution is -2.07. The van der Waals surface area contributed by atoms with Gasteiger partial charge in [-0.15, -0.1) is 11.3 Å². The molecule has 0 bridgehead atoms. The molecule has 3 aromatic rings. The van der Waals surface area contributed by atoms with Gasteiger partial charge in [0.15, 0.2) is 0 Å². The summed E-state index contributed by atoms with van der Waals surface area (Å²) in [5.74, 6) is 0.556. The molecule has 0 atom stereocenters. The summed E-state index contributed by atoms with van der Waals surface area (Å²) in [7, 11) is 0. The summed E-state index contributed by atoms with van der Waals surface area (Å²) < 4.78 is 4.99. The third kappa shape index (κ3) is 1.68. The number of aryl methyl sites for hydroxylation is 1. The Labute approximate surface area is 101 Å². The summed E-state index contributed by atoms with van der Waals surface area (Å²) in [6.07, 6.45) is 4.05. The van der Waals surface area contributed by atoms with Gasteiger partial charge in [-0.3, -0.25) is 4.79 Å². The van der Waals surface area contributed by atoms with Crippen molar-refractivity contribution in [1.82, 2.24) is 9.97 Å². The third-order valence-corrected chi connectivity index (χ3v) is 3.77. The molecule has 0 aromatic carbocycles. The zero-order chi connectivity index (χ0) is 11.8. The van der Waals surface area contributed by atoms with Crippen LogP contribution in [0.4, 0.5) is 0 Å². The number of nitrogens with zero attached hydrogens (tertiary/aromatic N) is 1. The third-order valence-electron chi connectivity index (χ3n) is 2.60. The molecule has 3 rings (SSSR count). The van der Waals surface area contributed by atoms with Crippen LogP contribution in [-0.2, 0) is 6.42 Å². The molecule has 0 fully saturated rings. The Bertz CT molecular complexity index is 710. The Morgan fingerprint density at radius 3 is 3.12 bits per heavy atom. The van der Waals surface area contributed by atoms with Gasteiger partial charge in [-0.1, -0.05) is 6.92 Å². The van der Waals surface area contributed by atoms with Crippen molar-refractivity contribution < 1.29 is 4.42 Å². The molecular formula is C12H10N2O2S. The lowest BCUT2D eigenvalue weighted by molar-refractivity contribution is 0.568. The summed E-state index contributed by atoms with van der Waals surface area (Å²) in [4.78, 5) is 21.1. The molecule has 0 aliphatic carbocycles. The number of fused-ring (bicyclic) bond motifs is 1. The second kappa shape index (κ2) is 3.85. The van der Waals surface area contributed by atoms with Crippen LogP contribution in [0.1, 0.15) is 11.8 Å². The highest BCUT2D eigenvalue weighted by molar-refractivity contribution is 7.18. The highest BCUT2D eigenvalue weighted by atomic mass is 32.1. The molecule has 5 heteroatoms. The molecule has 4 nitrogen and oxygen atoms in total. The van der Waals surface area contributed by atoms with E-state index >= 15 is 0 Å². The van der Waals surface area contributed by atoms with Gasteiger partial charge in [-0.25, -0.2) is 4.98 Å². The zero-order valence-electron chi connectivity index (χ0n) is 9.19. The average molecular weight is 246 g/mol. The van der Waals surface area contributed by atoms with E-state index in [2.05, 4.69) is 16.9 Å². The number of H-pyrrole nitrogens is 1. The Kier molecular flexibility index (Phi) is 2.33. The summed E-state index contributed by atoms with van der Waals surface area (Å²) in [6.45, 7) is 2.07. The van der Waals surface area contributed by atoms with Crippen LogP contribution in [0.15, 0.2) is 33.9 Å². The van der Waals surface area contributed by atoms with Crippen molar-refractivity contribution in [3.63, 3.8) is 0 Å². The molecule has 0 aliphatic rings. The fraction of sp³-hybridized carbons (Fsp3) is 0.167. The van der Waals surface area contributed by atoms with Crippen LogP contribution in [-0.4, -0.2) is 9.97 Å². The van der Waals surface area contributed by atoms with Gasteiger partial charge in [0, 0.05) is 4.88 Å². The number of nitrogens with one attached hydrogen (secondary N) is 1. The molecule has 0 aliphatic heterocycles. The monoisotopic (exact) mass is 246 g/mol. The largest absolute Gasteiger partial charge is 0.472 e. The van der Waals surface area contributed by atoms with Gasteiger partial charge in [-0.2, -0.15) is 0 Å². The highest BCUT2D eigenvalue weighted by Crippen LogP contribution is 2.23. The number of hydrogen-bond donors (Lipinski definition) is 1. The van der Waals surface area contributed by atoms with E-state index in [0.717, 1.165) is 16.8 Å². The van der Waals surface area contributed by atoms with Gasteiger partial charge >= 0.3 is 0 Å². The number of aromatic nitrogens is 2. The topological polar surface area (TPSA) is 58.9 Å². The molecular weight excluding hydrogens is 236 g/mol. The first kappa shape index (κ1) is 10.3. The molecule has 0 spiro atoms. The van der Waals surface area contributed by atoms with E-state index < -0.39 is 0 Å². The van der Waals surface area contributed by atoms with Crippen LogP contribution >= 0.6 is 11.3 Å². The van der Waals surface area contributed by atoms with Crippen molar-refractivity contribution in [2.45, 2.75) is 13.3 Å². The van der Waals surface area contributed by atoms with Crippen molar-refractivity contribution in [2.75, 3.05) is 0 Å². The van der Waals surface area contributed by atoms with Crippen LogP contribution in [0.2, 0.25) is 0 Å². The van der Waals surface area contributed by atoms with Crippen LogP contribution in [0.25, 0.3) is 21.6 Å². The Hall–Kier alpha value is -1.88. The first-order valence-electron chi connectivity index (χ1n) is 5.33. The van der Waals surface area contributed by atoms with Crippen LogP contribution in [0.5, 0.6) is 0 Å². The summed E-state index contributed by atoms with van der Waals surface area (Å²) in [5.41, 5.74) is 0.692. The molecule has 86 valence electrons. The molecule has 0 saturated heterocycles. The molecule has 0 unspecified atom stereocenters. The van der Waals surface area contributed by atoms with E-state index in [1.165, 1.54) is 4.88 Å². The van der Waals surface area contributed by atoms with Gasteiger partial charge < -0.3 is 9.40 Å². The minimum Gasteiger partial charge on any atom is -0.472 e. The molecule has 0 amide bonds. The second-order valence-electron chi connectivity index (χ2n) is 3.71. The molecule has 3 heterocycles. The second-order valence-corrected chi connectivity index (χ2v) is 4.83. The van der Waals surface area contributed by atoms with Gasteiger partial charge in [0.25, 0.3) is 5.56 Å². The smallest absolute Gasteiger partial charge is 0.259 e. The predicted molar refractivity (Wildman–Crippen MR) is 67.3 cm³/mol. The van der Waals surface area contributed by atoms with Crippen LogP contribution in [0.3, 0.4) is 0 Å².